The van der Waals surface area contributed by atoms with Gasteiger partial charge >= 0.3 is 0 Å². The van der Waals surface area contributed by atoms with Crippen LogP contribution in [0.2, 0.25) is 0 Å². The summed E-state index contributed by atoms with van der Waals surface area (Å²) in [5, 5.41) is 6.41. The zero-order valence-electron chi connectivity index (χ0n) is 40.4. The number of nitrogens with zero attached hydrogens (tertiary/aromatic N) is 2. The molecule has 0 saturated carbocycles. The number of ketones is 2. The lowest BCUT2D eigenvalue weighted by Crippen LogP contribution is -1.99. The van der Waals surface area contributed by atoms with Crippen molar-refractivity contribution in [1.82, 2.24) is 0 Å². The third kappa shape index (κ3) is 17.1. The predicted octanol–water partition coefficient (Wildman–Crippen LogP) is 14.8. The Kier molecular flexibility index (Phi) is 17.7. The second-order valence-electron chi connectivity index (χ2n) is 17.9. The number of hydrogen-bond acceptors (Lipinski definition) is 6. The monoisotopic (exact) mass is 885 g/mol. The Morgan fingerprint density at radius 1 is 0.418 bits per heavy atom. The summed E-state index contributed by atoms with van der Waals surface area (Å²) in [7, 11) is 0. The zero-order chi connectivity index (χ0) is 47.7. The van der Waals surface area contributed by atoms with Crippen LogP contribution in [-0.4, -0.2) is 23.0 Å². The molecule has 6 nitrogen and oxygen atoms in total. The minimum Gasteiger partial charge on any atom is -0.359 e. The number of benzene rings is 6. The van der Waals surface area contributed by atoms with Gasteiger partial charge in [-0.3, -0.25) is 19.6 Å². The summed E-state index contributed by atoms with van der Waals surface area (Å²) in [4.78, 5) is 31.9. The van der Waals surface area contributed by atoms with Crippen molar-refractivity contribution in [3.05, 3.63) is 237 Å². The Balaban J connectivity index is 0.000000240. The molecule has 6 aromatic rings. The summed E-state index contributed by atoms with van der Waals surface area (Å²) < 4.78 is 0. The molecule has 7 aliphatic rings. The first kappa shape index (κ1) is 49.0. The van der Waals surface area contributed by atoms with E-state index in [0.717, 1.165) is 77.7 Å². The van der Waals surface area contributed by atoms with E-state index in [9.17, 15) is 9.59 Å². The van der Waals surface area contributed by atoms with Gasteiger partial charge in [-0.25, -0.2) is 0 Å². The smallest absolute Gasteiger partial charge is 0.154 e. The van der Waals surface area contributed by atoms with Crippen LogP contribution in [0.25, 0.3) is 0 Å². The van der Waals surface area contributed by atoms with Gasteiger partial charge in [-0.1, -0.05) is 108 Å². The number of rotatable bonds is 8. The van der Waals surface area contributed by atoms with Gasteiger partial charge in [0.05, 0.1) is 11.4 Å². The van der Waals surface area contributed by atoms with E-state index in [0.29, 0.717) is 0 Å². The summed E-state index contributed by atoms with van der Waals surface area (Å²) >= 11 is 0. The minimum absolute atomic E-state index is 0.0292. The molecule has 0 amide bonds. The van der Waals surface area contributed by atoms with E-state index in [1.165, 1.54) is 69.5 Å². The molecule has 2 N–H and O–H groups in total. The standard InChI is InChI=1S/C38H38N2.C23H26N2O2/c1-27-21-29(3)39-37-17-13-35(14-18-37)26-36-15-19-38(20-16-36)40-30(4)22-28(2)24-32-7-11-34(12-8-32)25-33-9-5-31(23-27)6-10-33;1-16(13-18(3)26)24-22-9-5-20(6-10-22)15-21-7-11-23(12-8-21)25-17(2)14-19(4)27/h5-22H,23-26H2,1-4H3;5-14,24-25H,15H2,1-4H3/b27-21-,28-22-,39-29?,40-30?;16-13-,17-14?. The maximum atomic E-state index is 11.1. The molecule has 6 heteroatoms. The molecule has 0 spiro atoms. The third-order valence-electron chi connectivity index (χ3n) is 11.1. The second-order valence-corrected chi connectivity index (χ2v) is 17.9. The average Bonchev–Trinajstić information content (AvgIpc) is 3.27. The Labute approximate surface area is 398 Å². The zero-order valence-corrected chi connectivity index (χ0v) is 40.4. The molecular weight excluding hydrogens is 821 g/mol. The fraction of sp³-hybridized carbons (Fsp3) is 0.213. The van der Waals surface area contributed by atoms with Gasteiger partial charge in [-0.05, 0) is 205 Å². The first-order valence-electron chi connectivity index (χ1n) is 23.1. The number of carbonyl (C=O) groups excluding carboxylic acids is 2. The molecule has 7 aliphatic heterocycles. The van der Waals surface area contributed by atoms with E-state index in [4.69, 9.17) is 9.98 Å². The maximum absolute atomic E-state index is 11.1. The van der Waals surface area contributed by atoms with Gasteiger partial charge in [0.1, 0.15) is 0 Å². The van der Waals surface area contributed by atoms with Gasteiger partial charge in [0.15, 0.2) is 11.6 Å². The van der Waals surface area contributed by atoms with Crippen molar-refractivity contribution >= 4 is 45.7 Å². The highest BCUT2D eigenvalue weighted by Gasteiger charge is 2.05. The molecule has 13 rings (SSSR count). The van der Waals surface area contributed by atoms with E-state index in [2.05, 4.69) is 172 Å². The molecule has 0 radical (unpaired) electrons. The molecule has 0 fully saturated rings. The lowest BCUT2D eigenvalue weighted by molar-refractivity contribution is -0.113. The molecule has 0 aromatic heterocycles. The highest BCUT2D eigenvalue weighted by Crippen LogP contribution is 2.22. The number of allylic oxidation sites excluding steroid dienone is 8. The predicted molar refractivity (Wildman–Crippen MR) is 284 cm³/mol. The number of hydrogen-bond donors (Lipinski definition) is 2. The largest absolute Gasteiger partial charge is 0.359 e. The summed E-state index contributed by atoms with van der Waals surface area (Å²) in [6.07, 6.45) is 12.1. The highest BCUT2D eigenvalue weighted by molar-refractivity contribution is 5.96. The van der Waals surface area contributed by atoms with Crippen molar-refractivity contribution in [1.29, 1.82) is 0 Å². The topological polar surface area (TPSA) is 82.9 Å². The van der Waals surface area contributed by atoms with Crippen LogP contribution in [0, 0.1) is 0 Å². The number of nitrogens with one attached hydrogen (secondary N) is 2. The lowest BCUT2D eigenvalue weighted by atomic mass is 9.98. The molecule has 340 valence electrons. The molecule has 6 aromatic carbocycles. The van der Waals surface area contributed by atoms with Crippen molar-refractivity contribution in [3.8, 4) is 0 Å². The van der Waals surface area contributed by atoms with Crippen molar-refractivity contribution in [2.24, 2.45) is 9.98 Å². The van der Waals surface area contributed by atoms with Gasteiger partial charge in [-0.2, -0.15) is 0 Å². The highest BCUT2D eigenvalue weighted by atomic mass is 16.1. The van der Waals surface area contributed by atoms with E-state index >= 15 is 0 Å². The Morgan fingerprint density at radius 3 is 1.00 bits per heavy atom. The second kappa shape index (κ2) is 24.2. The van der Waals surface area contributed by atoms with E-state index in [-0.39, 0.29) is 11.6 Å². The maximum Gasteiger partial charge on any atom is 0.154 e. The summed E-state index contributed by atoms with van der Waals surface area (Å²) in [6, 6.07) is 51.6. The van der Waals surface area contributed by atoms with Crippen LogP contribution >= 0.6 is 0 Å². The van der Waals surface area contributed by atoms with E-state index < -0.39 is 0 Å². The summed E-state index contributed by atoms with van der Waals surface area (Å²) in [5.41, 5.74) is 20.5. The van der Waals surface area contributed by atoms with Gasteiger partial charge in [0.2, 0.25) is 0 Å². The molecule has 67 heavy (non-hydrogen) atoms. The molecule has 7 heterocycles. The number of anilines is 2. The Bertz CT molecular complexity index is 2610. The number of carbonyl (C=O) groups is 2. The van der Waals surface area contributed by atoms with Crippen molar-refractivity contribution in [3.63, 3.8) is 0 Å². The number of aliphatic imine (C=N–C) groups is 2. The fourth-order valence-electron chi connectivity index (χ4n) is 8.11. The molecule has 0 aliphatic carbocycles. The first-order valence-corrected chi connectivity index (χ1v) is 23.1. The van der Waals surface area contributed by atoms with E-state index in [1.54, 1.807) is 12.2 Å². The van der Waals surface area contributed by atoms with Crippen LogP contribution in [0.4, 0.5) is 22.7 Å². The average molecular weight is 885 g/mol. The molecule has 0 unspecified atom stereocenters. The lowest BCUT2D eigenvalue weighted by Gasteiger charge is -2.09. The van der Waals surface area contributed by atoms with Crippen LogP contribution < -0.4 is 10.6 Å². The normalized spacial score (nSPS) is 15.1. The minimum atomic E-state index is 0.0292. The van der Waals surface area contributed by atoms with Crippen LogP contribution in [0.3, 0.4) is 0 Å². The van der Waals surface area contributed by atoms with Crippen molar-refractivity contribution < 1.29 is 9.59 Å². The molecule has 0 saturated heterocycles. The van der Waals surface area contributed by atoms with E-state index in [1.807, 2.05) is 38.1 Å². The van der Waals surface area contributed by atoms with Crippen LogP contribution in [0.5, 0.6) is 0 Å². The first-order chi connectivity index (χ1) is 32.2. The van der Waals surface area contributed by atoms with Crippen molar-refractivity contribution in [2.45, 2.75) is 87.5 Å². The van der Waals surface area contributed by atoms with Crippen LogP contribution in [0.15, 0.2) is 202 Å². The SMILES string of the molecule is CC(=O)C=C(C)Nc1ccc(Cc2ccc(N/C(C)=C\C(C)=O)cc2)cc1.CC1=Nc2ccc(cc2)Cc2ccc(cc2)N=C(C)/C=C(/C)Cc2ccc(cc2)Cc2ccc(cc2)C/C(C)=C\1. The van der Waals surface area contributed by atoms with Gasteiger partial charge in [0, 0.05) is 34.2 Å². The third-order valence-corrected chi connectivity index (χ3v) is 11.1. The molecule has 8 bridgehead atoms. The molecular formula is C61H64N4O2. The van der Waals surface area contributed by atoms with Crippen LogP contribution in [-0.2, 0) is 41.7 Å². The van der Waals surface area contributed by atoms with Gasteiger partial charge in [-0.15, -0.1) is 0 Å². The molecule has 0 atom stereocenters. The van der Waals surface area contributed by atoms with Crippen LogP contribution in [0.1, 0.15) is 99.9 Å². The summed E-state index contributed by atoms with van der Waals surface area (Å²) in [6.45, 7) is 15.3. The van der Waals surface area contributed by atoms with Crippen molar-refractivity contribution in [2.75, 3.05) is 10.6 Å². The van der Waals surface area contributed by atoms with Gasteiger partial charge < -0.3 is 10.6 Å². The summed E-state index contributed by atoms with van der Waals surface area (Å²) in [5.74, 6) is 0.0584. The Hall–Kier alpha value is -7.44. The fourth-order valence-corrected chi connectivity index (χ4v) is 8.11. The Morgan fingerprint density at radius 2 is 0.701 bits per heavy atom. The quantitative estimate of drug-likeness (QED) is 0.149. The van der Waals surface area contributed by atoms with Gasteiger partial charge in [0.25, 0.3) is 0 Å².